The van der Waals surface area contributed by atoms with Crippen molar-refractivity contribution in [2.75, 3.05) is 6.61 Å². The summed E-state index contributed by atoms with van der Waals surface area (Å²) in [5, 5.41) is 32.1. The molecule has 3 fully saturated rings. The lowest BCUT2D eigenvalue weighted by Gasteiger charge is -2.28. The number of aliphatic hydroxyl groups is 3. The number of fused-ring (bicyclic) bond motifs is 4. The molecule has 9 unspecified atom stereocenters. The Hall–Kier alpha value is -0.680. The average Bonchev–Trinajstić information content (AvgIpc) is 3.40. The van der Waals surface area contributed by atoms with E-state index < -0.39 is 17.8 Å². The summed E-state index contributed by atoms with van der Waals surface area (Å²) < 4.78 is 5.75. The van der Waals surface area contributed by atoms with Crippen LogP contribution in [0.4, 0.5) is 0 Å². The Kier molecular flexibility index (Phi) is 3.61. The van der Waals surface area contributed by atoms with Crippen LogP contribution in [-0.4, -0.2) is 45.8 Å². The molecule has 9 atom stereocenters. The van der Waals surface area contributed by atoms with Gasteiger partial charge in [-0.1, -0.05) is 30.2 Å². The van der Waals surface area contributed by atoms with Crippen molar-refractivity contribution in [2.24, 2.45) is 29.1 Å². The van der Waals surface area contributed by atoms with E-state index in [1.807, 2.05) is 0 Å². The summed E-state index contributed by atoms with van der Waals surface area (Å²) in [7, 11) is 0. The lowest BCUT2D eigenvalue weighted by Crippen LogP contribution is -2.36. The van der Waals surface area contributed by atoms with Gasteiger partial charge in [-0.3, -0.25) is 0 Å². The smallest absolute Gasteiger partial charge is 0.124 e. The van der Waals surface area contributed by atoms with Crippen molar-refractivity contribution in [1.82, 2.24) is 0 Å². The zero-order chi connectivity index (χ0) is 17.4. The van der Waals surface area contributed by atoms with Gasteiger partial charge in [0.15, 0.2) is 0 Å². The van der Waals surface area contributed by atoms with Crippen molar-refractivity contribution < 1.29 is 20.1 Å². The minimum atomic E-state index is -0.811. The van der Waals surface area contributed by atoms with Crippen molar-refractivity contribution in [1.29, 1.82) is 0 Å². The maximum absolute atomic E-state index is 10.9. The maximum atomic E-state index is 10.9. The number of rotatable bonds is 3. The fourth-order valence-electron chi connectivity index (χ4n) is 5.94. The molecule has 2 saturated carbocycles. The van der Waals surface area contributed by atoms with Gasteiger partial charge < -0.3 is 20.1 Å². The van der Waals surface area contributed by atoms with E-state index >= 15 is 0 Å². The Morgan fingerprint density at radius 3 is 2.62 bits per heavy atom. The largest absolute Gasteiger partial charge is 0.392 e. The number of hydrogen-bond donors (Lipinski definition) is 3. The van der Waals surface area contributed by atoms with Gasteiger partial charge in [0.05, 0.1) is 18.8 Å². The van der Waals surface area contributed by atoms with Crippen molar-refractivity contribution in [3.8, 4) is 0 Å². The second-order valence-corrected chi connectivity index (χ2v) is 8.95. The number of ether oxygens (including phenoxy) is 1. The van der Waals surface area contributed by atoms with E-state index in [9.17, 15) is 15.3 Å². The first-order valence-electron chi connectivity index (χ1n) is 9.23. The minimum absolute atomic E-state index is 0.0463. The molecule has 3 aliphatic carbocycles. The van der Waals surface area contributed by atoms with Gasteiger partial charge >= 0.3 is 0 Å². The van der Waals surface area contributed by atoms with Crippen molar-refractivity contribution >= 4 is 0 Å². The van der Waals surface area contributed by atoms with Gasteiger partial charge in [0.25, 0.3) is 0 Å². The zero-order valence-electron chi connectivity index (χ0n) is 15.1. The van der Waals surface area contributed by atoms with Crippen LogP contribution in [0.3, 0.4) is 0 Å². The van der Waals surface area contributed by atoms with E-state index in [1.54, 1.807) is 0 Å². The molecule has 1 aliphatic heterocycles. The van der Waals surface area contributed by atoms with Gasteiger partial charge in [0.2, 0.25) is 0 Å². The van der Waals surface area contributed by atoms with Gasteiger partial charge in [-0.25, -0.2) is 0 Å². The third-order valence-electron chi connectivity index (χ3n) is 7.54. The van der Waals surface area contributed by atoms with Crippen molar-refractivity contribution in [3.63, 3.8) is 0 Å². The predicted molar refractivity (Wildman–Crippen MR) is 91.2 cm³/mol. The van der Waals surface area contributed by atoms with Crippen molar-refractivity contribution in [2.45, 2.75) is 64.4 Å². The van der Waals surface area contributed by atoms with E-state index in [-0.39, 0.29) is 23.4 Å². The fraction of sp³-hybridized carbons (Fsp3) is 0.800. The van der Waals surface area contributed by atoms with Gasteiger partial charge in [-0.15, -0.1) is 0 Å². The molecule has 4 rings (SSSR count). The molecule has 4 heteroatoms. The Morgan fingerprint density at radius 2 is 2.04 bits per heavy atom. The average molecular weight is 334 g/mol. The van der Waals surface area contributed by atoms with Gasteiger partial charge in [0, 0.05) is 17.3 Å². The highest BCUT2D eigenvalue weighted by atomic mass is 16.6. The van der Waals surface area contributed by atoms with Crippen LogP contribution in [0.2, 0.25) is 0 Å². The van der Waals surface area contributed by atoms with Crippen LogP contribution in [0.25, 0.3) is 0 Å². The summed E-state index contributed by atoms with van der Waals surface area (Å²) in [5.74, 6) is 0.764. The number of allylic oxidation sites excluding steroid dienone is 2. The standard InChI is InChI=1S/C20H30O4/c1-10(2)5-8-13(21)19(4)12-7-6-11(3)14-16(15(12)19)20(9-24-20)18(23)17(14)22/h5-6,12-18,21-23H,7-9H2,1-4H3. The summed E-state index contributed by atoms with van der Waals surface area (Å²) in [6, 6.07) is 0. The monoisotopic (exact) mass is 334 g/mol. The quantitative estimate of drug-likeness (QED) is 0.545. The summed E-state index contributed by atoms with van der Waals surface area (Å²) in [6.07, 6.45) is 3.99. The topological polar surface area (TPSA) is 73.2 Å². The van der Waals surface area contributed by atoms with Gasteiger partial charge in [-0.2, -0.15) is 0 Å². The molecule has 0 amide bonds. The fourth-order valence-corrected chi connectivity index (χ4v) is 5.94. The van der Waals surface area contributed by atoms with Crippen LogP contribution < -0.4 is 0 Å². The molecule has 4 aliphatic rings. The highest BCUT2D eigenvalue weighted by molar-refractivity contribution is 5.33. The molecule has 4 nitrogen and oxygen atoms in total. The Balaban J connectivity index is 1.67. The molecular formula is C20H30O4. The number of hydrogen-bond acceptors (Lipinski definition) is 4. The van der Waals surface area contributed by atoms with Crippen LogP contribution >= 0.6 is 0 Å². The molecule has 24 heavy (non-hydrogen) atoms. The van der Waals surface area contributed by atoms with Crippen LogP contribution in [-0.2, 0) is 4.74 Å². The van der Waals surface area contributed by atoms with E-state index in [4.69, 9.17) is 4.74 Å². The van der Waals surface area contributed by atoms with Crippen LogP contribution in [0.15, 0.2) is 23.3 Å². The first kappa shape index (κ1) is 16.8. The third-order valence-corrected chi connectivity index (χ3v) is 7.54. The molecule has 134 valence electrons. The highest BCUT2D eigenvalue weighted by Crippen LogP contribution is 2.74. The lowest BCUT2D eigenvalue weighted by atomic mass is 9.77. The van der Waals surface area contributed by atoms with E-state index in [2.05, 4.69) is 39.8 Å². The van der Waals surface area contributed by atoms with Crippen LogP contribution in [0.5, 0.6) is 0 Å². The predicted octanol–water partition coefficient (Wildman–Crippen LogP) is 2.04. The van der Waals surface area contributed by atoms with Crippen LogP contribution in [0, 0.1) is 29.1 Å². The number of epoxide rings is 1. The second kappa shape index (κ2) is 5.16. The Morgan fingerprint density at radius 1 is 1.38 bits per heavy atom. The first-order valence-corrected chi connectivity index (χ1v) is 9.23. The van der Waals surface area contributed by atoms with E-state index in [0.29, 0.717) is 24.9 Å². The Labute approximate surface area is 144 Å². The molecule has 0 aromatic rings. The molecule has 1 heterocycles. The van der Waals surface area contributed by atoms with Gasteiger partial charge in [0.1, 0.15) is 11.7 Å². The maximum Gasteiger partial charge on any atom is 0.124 e. The molecule has 0 radical (unpaired) electrons. The molecule has 0 aromatic carbocycles. The SMILES string of the molecule is CC(C)=CCC(O)C1(C)C2CC=C(C)C3C(O)C(O)C4(CO4)C3C21. The summed E-state index contributed by atoms with van der Waals surface area (Å²) in [4.78, 5) is 0. The molecule has 1 spiro atoms. The first-order chi connectivity index (χ1) is 11.2. The summed E-state index contributed by atoms with van der Waals surface area (Å²) in [5.41, 5.74) is 1.66. The second-order valence-electron chi connectivity index (χ2n) is 8.95. The van der Waals surface area contributed by atoms with Crippen LogP contribution in [0.1, 0.15) is 40.5 Å². The van der Waals surface area contributed by atoms with Crippen molar-refractivity contribution in [3.05, 3.63) is 23.3 Å². The Bertz CT molecular complexity index is 601. The summed E-state index contributed by atoms with van der Waals surface area (Å²) >= 11 is 0. The molecule has 0 bridgehead atoms. The summed E-state index contributed by atoms with van der Waals surface area (Å²) in [6.45, 7) is 8.89. The highest BCUT2D eigenvalue weighted by Gasteiger charge is 2.79. The normalized spacial score (nSPS) is 52.9. The molecule has 3 N–H and O–H groups in total. The van der Waals surface area contributed by atoms with E-state index in [0.717, 1.165) is 6.42 Å². The number of aliphatic hydroxyl groups excluding tert-OH is 3. The minimum Gasteiger partial charge on any atom is -0.392 e. The molecule has 0 aromatic heterocycles. The van der Waals surface area contributed by atoms with Gasteiger partial charge in [-0.05, 0) is 45.4 Å². The third kappa shape index (κ3) is 2.00. The molecule has 1 saturated heterocycles. The lowest BCUT2D eigenvalue weighted by molar-refractivity contribution is -0.00227. The zero-order valence-corrected chi connectivity index (χ0v) is 15.1. The molecular weight excluding hydrogens is 304 g/mol. The van der Waals surface area contributed by atoms with E-state index in [1.165, 1.54) is 11.1 Å².